The average molecular weight is 245 g/mol. The molecule has 1 heterocycles. The first-order chi connectivity index (χ1) is 8.24. The summed E-state index contributed by atoms with van der Waals surface area (Å²) >= 11 is 0. The molecule has 102 valence electrons. The third-order valence-corrected chi connectivity index (χ3v) is 3.42. The van der Waals surface area contributed by atoms with Gasteiger partial charge in [0.15, 0.2) is 0 Å². The molecule has 0 aromatic rings. The van der Waals surface area contributed by atoms with Gasteiger partial charge in [0.1, 0.15) is 19.2 Å². The molecule has 0 amide bonds. The van der Waals surface area contributed by atoms with Crippen LogP contribution in [0, 0.1) is 5.21 Å². The van der Waals surface area contributed by atoms with Gasteiger partial charge in [-0.2, -0.15) is 0 Å². The summed E-state index contributed by atoms with van der Waals surface area (Å²) in [6.45, 7) is 3.61. The minimum Gasteiger partial charge on any atom is -0.634 e. The van der Waals surface area contributed by atoms with Gasteiger partial charge >= 0.3 is 0 Å². The quantitative estimate of drug-likeness (QED) is 0.493. The second-order valence-corrected chi connectivity index (χ2v) is 5.03. The lowest BCUT2D eigenvalue weighted by Gasteiger charge is -2.34. The Hall–Kier alpha value is -0.160. The van der Waals surface area contributed by atoms with Crippen LogP contribution >= 0.6 is 0 Å². The zero-order chi connectivity index (χ0) is 12.5. The van der Waals surface area contributed by atoms with Crippen molar-refractivity contribution < 1.29 is 14.9 Å². The molecule has 1 aliphatic heterocycles. The van der Waals surface area contributed by atoms with Gasteiger partial charge in [-0.1, -0.05) is 45.4 Å². The van der Waals surface area contributed by atoms with Crippen molar-refractivity contribution in [2.75, 3.05) is 19.7 Å². The molecule has 0 radical (unpaired) electrons. The number of morpholine rings is 1. The van der Waals surface area contributed by atoms with Crippen LogP contribution in [0.25, 0.3) is 0 Å². The van der Waals surface area contributed by atoms with E-state index in [1.165, 1.54) is 32.1 Å². The zero-order valence-electron chi connectivity index (χ0n) is 11.0. The Bertz CT molecular complexity index is 190. The molecule has 0 spiro atoms. The minimum absolute atomic E-state index is 0.225. The van der Waals surface area contributed by atoms with Crippen LogP contribution < -0.4 is 5.06 Å². The number of aliphatic hydroxyl groups excluding tert-OH is 1. The monoisotopic (exact) mass is 245 g/mol. The van der Waals surface area contributed by atoms with E-state index < -0.39 is 6.10 Å². The van der Waals surface area contributed by atoms with Crippen molar-refractivity contribution in [3.63, 3.8) is 0 Å². The molecular weight excluding hydrogens is 218 g/mol. The van der Waals surface area contributed by atoms with E-state index in [0.717, 1.165) is 12.8 Å². The van der Waals surface area contributed by atoms with Crippen LogP contribution in [0.4, 0.5) is 0 Å². The predicted molar refractivity (Wildman–Crippen MR) is 67.8 cm³/mol. The summed E-state index contributed by atoms with van der Waals surface area (Å²) in [4.78, 5) is 0. The van der Waals surface area contributed by atoms with E-state index in [9.17, 15) is 10.3 Å². The first kappa shape index (κ1) is 14.9. The van der Waals surface area contributed by atoms with E-state index in [4.69, 9.17) is 4.74 Å². The van der Waals surface area contributed by atoms with Gasteiger partial charge in [-0.05, 0) is 6.42 Å². The largest absolute Gasteiger partial charge is 0.634 e. The summed E-state index contributed by atoms with van der Waals surface area (Å²) in [5, 5.41) is 21.4. The van der Waals surface area contributed by atoms with Crippen molar-refractivity contribution in [2.24, 2.45) is 0 Å². The predicted octanol–water partition coefficient (Wildman–Crippen LogP) is 0.879. The van der Waals surface area contributed by atoms with Crippen LogP contribution in [0.3, 0.4) is 0 Å². The van der Waals surface area contributed by atoms with Gasteiger partial charge in [0, 0.05) is 0 Å². The molecule has 2 N–H and O–H groups in total. The summed E-state index contributed by atoms with van der Waals surface area (Å²) in [5.41, 5.74) is 0. The maximum absolute atomic E-state index is 11.2. The van der Waals surface area contributed by atoms with Crippen molar-refractivity contribution in [2.45, 2.75) is 64.1 Å². The molecule has 0 aliphatic carbocycles. The van der Waals surface area contributed by atoms with Crippen molar-refractivity contribution in [3.8, 4) is 0 Å². The summed E-state index contributed by atoms with van der Waals surface area (Å²) in [6, 6.07) is 0. The lowest BCUT2D eigenvalue weighted by atomic mass is 10.0. The Kier molecular flexibility index (Phi) is 7.77. The molecule has 1 aliphatic rings. The molecule has 1 saturated heterocycles. The van der Waals surface area contributed by atoms with Crippen LogP contribution in [-0.2, 0) is 4.74 Å². The highest BCUT2D eigenvalue weighted by atomic mass is 16.5. The number of unbranched alkanes of at least 4 members (excludes halogenated alkanes) is 5. The average Bonchev–Trinajstić information content (AvgIpc) is 2.33. The third kappa shape index (κ3) is 6.36. The molecule has 3 atom stereocenters. The second-order valence-electron chi connectivity index (χ2n) is 5.03. The Labute approximate surface area is 105 Å². The summed E-state index contributed by atoms with van der Waals surface area (Å²) in [5.74, 6) is 0. The van der Waals surface area contributed by atoms with Gasteiger partial charge in [-0.15, -0.1) is 0 Å². The highest BCUT2D eigenvalue weighted by molar-refractivity contribution is 4.70. The van der Waals surface area contributed by atoms with Crippen LogP contribution in [-0.4, -0.2) is 37.0 Å². The summed E-state index contributed by atoms with van der Waals surface area (Å²) in [6.07, 6.45) is 7.41. The van der Waals surface area contributed by atoms with E-state index in [-0.39, 0.29) is 11.2 Å². The van der Waals surface area contributed by atoms with E-state index in [1.54, 1.807) is 0 Å². The summed E-state index contributed by atoms with van der Waals surface area (Å²) < 4.78 is 5.43. The van der Waals surface area contributed by atoms with Crippen LogP contribution in [0.5, 0.6) is 0 Å². The smallest absolute Gasteiger partial charge is 0.133 e. The number of hydroxylamine groups is 2. The van der Waals surface area contributed by atoms with Gasteiger partial charge in [-0.3, -0.25) is 0 Å². The number of ether oxygens (including phenoxy) is 1. The van der Waals surface area contributed by atoms with Crippen molar-refractivity contribution in [1.82, 2.24) is 0 Å². The zero-order valence-corrected chi connectivity index (χ0v) is 11.0. The van der Waals surface area contributed by atoms with Crippen molar-refractivity contribution in [3.05, 3.63) is 5.21 Å². The topological polar surface area (TPSA) is 57.0 Å². The molecule has 0 bridgehead atoms. The molecule has 4 nitrogen and oxygen atoms in total. The number of hydrogen-bond acceptors (Lipinski definition) is 3. The third-order valence-electron chi connectivity index (χ3n) is 3.42. The molecule has 0 saturated carbocycles. The number of hydrogen-bond donors (Lipinski definition) is 2. The Morgan fingerprint density at radius 1 is 1.29 bits per heavy atom. The number of rotatable bonds is 8. The van der Waals surface area contributed by atoms with Gasteiger partial charge in [0.05, 0.1) is 12.7 Å². The molecule has 0 aromatic carbocycles. The van der Waals surface area contributed by atoms with Gasteiger partial charge in [0.2, 0.25) is 0 Å². The molecule has 4 heteroatoms. The second kappa shape index (κ2) is 8.86. The number of aliphatic hydroxyl groups is 1. The number of quaternary nitrogens is 1. The molecule has 1 rings (SSSR count). The van der Waals surface area contributed by atoms with Crippen LogP contribution in [0.15, 0.2) is 0 Å². The standard InChI is InChI=1S/C13H27NO3/c1-2-3-4-5-6-7-8-12(15)13-11-14(16)9-10-17-13/h12-15H,2-11H2,1H3. The van der Waals surface area contributed by atoms with E-state index in [0.29, 0.717) is 19.7 Å². The van der Waals surface area contributed by atoms with Crippen LogP contribution in [0.1, 0.15) is 51.9 Å². The van der Waals surface area contributed by atoms with Gasteiger partial charge in [0.25, 0.3) is 0 Å². The van der Waals surface area contributed by atoms with Crippen molar-refractivity contribution >= 4 is 0 Å². The maximum atomic E-state index is 11.2. The maximum Gasteiger partial charge on any atom is 0.133 e. The first-order valence-corrected chi connectivity index (χ1v) is 7.05. The van der Waals surface area contributed by atoms with Gasteiger partial charge in [-0.25, -0.2) is 0 Å². The fourth-order valence-electron chi connectivity index (χ4n) is 2.28. The molecular formula is C13H27NO3. The van der Waals surface area contributed by atoms with Crippen LogP contribution in [0.2, 0.25) is 0 Å². The Balaban J connectivity index is 2.02. The molecule has 17 heavy (non-hydrogen) atoms. The normalized spacial score (nSPS) is 27.0. The van der Waals surface area contributed by atoms with E-state index in [1.807, 2.05) is 0 Å². The number of nitrogens with one attached hydrogen (secondary N) is 1. The molecule has 3 unspecified atom stereocenters. The molecule has 0 aromatic heterocycles. The minimum atomic E-state index is -0.453. The SMILES string of the molecule is CCCCCCCCC(O)C1C[NH+]([O-])CCO1. The lowest BCUT2D eigenvalue weighted by molar-refractivity contribution is -0.862. The van der Waals surface area contributed by atoms with E-state index in [2.05, 4.69) is 6.92 Å². The fourth-order valence-corrected chi connectivity index (χ4v) is 2.28. The Morgan fingerprint density at radius 2 is 2.00 bits per heavy atom. The lowest BCUT2D eigenvalue weighted by Crippen LogP contribution is -3.10. The highest BCUT2D eigenvalue weighted by Gasteiger charge is 2.25. The molecule has 1 fully saturated rings. The van der Waals surface area contributed by atoms with Gasteiger partial charge < -0.3 is 20.1 Å². The fraction of sp³-hybridized carbons (Fsp3) is 1.00. The van der Waals surface area contributed by atoms with Crippen molar-refractivity contribution in [1.29, 1.82) is 0 Å². The Morgan fingerprint density at radius 3 is 2.71 bits per heavy atom. The highest BCUT2D eigenvalue weighted by Crippen LogP contribution is 2.12. The summed E-state index contributed by atoms with van der Waals surface area (Å²) in [7, 11) is 0. The van der Waals surface area contributed by atoms with E-state index >= 15 is 0 Å². The first-order valence-electron chi connectivity index (χ1n) is 7.05.